The Balaban J connectivity index is 0.00000256. The Bertz CT molecular complexity index is 418. The predicted molar refractivity (Wildman–Crippen MR) is 71.5 cm³/mol. The molecule has 1 aromatic rings. The Kier molecular flexibility index (Phi) is 5.79. The van der Waals surface area contributed by atoms with E-state index in [1.807, 2.05) is 0 Å². The van der Waals surface area contributed by atoms with Gasteiger partial charge < -0.3 is 27.8 Å². The third-order valence-electron chi connectivity index (χ3n) is 1.82. The molecule has 0 saturated carbocycles. The van der Waals surface area contributed by atoms with Crippen molar-refractivity contribution in [2.45, 2.75) is 6.54 Å². The first-order chi connectivity index (χ1) is 7.54. The molecule has 1 aromatic carbocycles. The van der Waals surface area contributed by atoms with Crippen molar-refractivity contribution in [2.24, 2.45) is 17.2 Å². The number of hydrogen-bond acceptors (Lipinski definition) is 3. The summed E-state index contributed by atoms with van der Waals surface area (Å²) in [6, 6.07) is 6.24. The lowest BCUT2D eigenvalue weighted by atomic mass is 10.1. The Hall–Kier alpha value is -1.99. The number of halogens is 1. The Labute approximate surface area is 105 Å². The molecule has 17 heavy (non-hydrogen) atoms. The number of nitrogens with two attached hydrogens (primary N) is 3. The Morgan fingerprint density at radius 1 is 1.24 bits per heavy atom. The zero-order valence-corrected chi connectivity index (χ0v) is 9.82. The summed E-state index contributed by atoms with van der Waals surface area (Å²) in [5.74, 6) is -0.446. The second-order valence-corrected chi connectivity index (χ2v) is 3.03. The molecule has 1 rings (SSSR count). The van der Waals surface area contributed by atoms with Crippen LogP contribution in [0, 0.1) is 16.9 Å². The van der Waals surface area contributed by atoms with E-state index in [2.05, 4.69) is 16.7 Å². The summed E-state index contributed by atoms with van der Waals surface area (Å²) in [7, 11) is 0. The van der Waals surface area contributed by atoms with E-state index < -0.39 is 0 Å². The zero-order chi connectivity index (χ0) is 12.1. The predicted octanol–water partition coefficient (Wildman–Crippen LogP) is -0.0220. The minimum absolute atomic E-state index is 0. The standard InChI is InChI=1S/C9H14N7.ClH/c10-4-5-2-1-3-6(15-8(11)12)7(5)16-9(13)14;/h1-2H,4,10H2,(H4,11,12,15)(H4,13,14,16);1H. The molecule has 7 nitrogen and oxygen atoms in total. The van der Waals surface area contributed by atoms with Gasteiger partial charge in [0.2, 0.25) is 0 Å². The van der Waals surface area contributed by atoms with Crippen molar-refractivity contribution in [2.75, 3.05) is 10.6 Å². The van der Waals surface area contributed by atoms with E-state index in [-0.39, 0.29) is 30.9 Å². The summed E-state index contributed by atoms with van der Waals surface area (Å²) >= 11 is 0. The zero-order valence-electron chi connectivity index (χ0n) is 9.00. The van der Waals surface area contributed by atoms with Gasteiger partial charge in [-0.15, -0.1) is 12.4 Å². The van der Waals surface area contributed by atoms with Crippen LogP contribution in [-0.2, 0) is 6.54 Å². The van der Waals surface area contributed by atoms with Crippen LogP contribution >= 0.6 is 12.4 Å². The summed E-state index contributed by atoms with van der Waals surface area (Å²) in [5, 5.41) is 19.5. The van der Waals surface area contributed by atoms with Crippen LogP contribution in [0.2, 0.25) is 0 Å². The highest BCUT2D eigenvalue weighted by molar-refractivity contribution is 5.99. The molecule has 0 atom stereocenters. The van der Waals surface area contributed by atoms with Gasteiger partial charge in [-0.05, 0) is 5.56 Å². The molecule has 0 fully saturated rings. The number of guanidine groups is 2. The van der Waals surface area contributed by atoms with E-state index >= 15 is 0 Å². The number of anilines is 2. The van der Waals surface area contributed by atoms with E-state index in [0.29, 0.717) is 11.4 Å². The third kappa shape index (κ3) is 4.17. The van der Waals surface area contributed by atoms with Crippen molar-refractivity contribution < 1.29 is 0 Å². The molecule has 0 aliphatic carbocycles. The van der Waals surface area contributed by atoms with Crippen LogP contribution in [0.1, 0.15) is 5.56 Å². The maximum atomic E-state index is 7.18. The van der Waals surface area contributed by atoms with Crippen LogP contribution < -0.4 is 27.8 Å². The average Bonchev–Trinajstić information content (AvgIpc) is 2.19. The van der Waals surface area contributed by atoms with Crippen molar-refractivity contribution >= 4 is 35.7 Å². The summed E-state index contributed by atoms with van der Waals surface area (Å²) in [6.45, 7) is 0.275. The van der Waals surface area contributed by atoms with Gasteiger partial charge in [0.05, 0.1) is 11.4 Å². The third-order valence-corrected chi connectivity index (χ3v) is 1.82. The van der Waals surface area contributed by atoms with Crippen LogP contribution in [0.4, 0.5) is 11.4 Å². The highest BCUT2D eigenvalue weighted by Gasteiger charge is 2.08. The number of benzene rings is 1. The first-order valence-electron chi connectivity index (χ1n) is 4.50. The topological polar surface area (TPSA) is 150 Å². The average molecular weight is 257 g/mol. The number of nitrogens with one attached hydrogen (secondary N) is 4. The minimum Gasteiger partial charge on any atom is -0.370 e. The molecular formula is C9H15ClN7. The fourth-order valence-corrected chi connectivity index (χ4v) is 1.22. The molecule has 0 spiro atoms. The normalized spacial score (nSPS) is 9.00. The van der Waals surface area contributed by atoms with Gasteiger partial charge in [-0.1, -0.05) is 12.1 Å². The van der Waals surface area contributed by atoms with Crippen molar-refractivity contribution in [3.63, 3.8) is 0 Å². The van der Waals surface area contributed by atoms with Crippen LogP contribution in [0.25, 0.3) is 0 Å². The lowest BCUT2D eigenvalue weighted by Gasteiger charge is -2.15. The van der Waals surface area contributed by atoms with Crippen molar-refractivity contribution in [3.8, 4) is 0 Å². The van der Waals surface area contributed by atoms with E-state index in [0.717, 1.165) is 5.56 Å². The van der Waals surface area contributed by atoms with Gasteiger partial charge in [0.15, 0.2) is 11.9 Å². The summed E-state index contributed by atoms with van der Waals surface area (Å²) in [6.07, 6.45) is 0. The molecule has 10 N–H and O–H groups in total. The first kappa shape index (κ1) is 15.0. The van der Waals surface area contributed by atoms with Crippen LogP contribution in [0.3, 0.4) is 0 Å². The monoisotopic (exact) mass is 256 g/mol. The quantitative estimate of drug-likeness (QED) is 0.300. The summed E-state index contributed by atoms with van der Waals surface area (Å²) in [4.78, 5) is 0. The second kappa shape index (κ2) is 6.56. The molecule has 0 aliphatic rings. The lowest BCUT2D eigenvalue weighted by molar-refractivity contribution is 1.07. The van der Waals surface area contributed by atoms with E-state index in [1.165, 1.54) is 0 Å². The molecular weight excluding hydrogens is 242 g/mol. The molecule has 8 heteroatoms. The van der Waals surface area contributed by atoms with E-state index in [4.69, 9.17) is 28.0 Å². The van der Waals surface area contributed by atoms with E-state index in [1.54, 1.807) is 12.1 Å². The van der Waals surface area contributed by atoms with Gasteiger partial charge >= 0.3 is 0 Å². The summed E-state index contributed by atoms with van der Waals surface area (Å²) in [5.41, 5.74) is 17.7. The number of rotatable bonds is 3. The molecule has 0 unspecified atom stereocenters. The molecule has 0 aliphatic heterocycles. The minimum atomic E-state index is -0.225. The molecule has 0 amide bonds. The second-order valence-electron chi connectivity index (χ2n) is 3.03. The molecule has 0 aromatic heterocycles. The van der Waals surface area contributed by atoms with Gasteiger partial charge in [0, 0.05) is 12.6 Å². The fraction of sp³-hybridized carbons (Fsp3) is 0.111. The van der Waals surface area contributed by atoms with Gasteiger partial charge in [-0.25, -0.2) is 0 Å². The summed E-state index contributed by atoms with van der Waals surface area (Å²) < 4.78 is 0. The Morgan fingerprint density at radius 3 is 2.29 bits per heavy atom. The highest BCUT2D eigenvalue weighted by Crippen LogP contribution is 2.25. The molecule has 0 heterocycles. The van der Waals surface area contributed by atoms with Gasteiger partial charge in [0.25, 0.3) is 0 Å². The lowest BCUT2D eigenvalue weighted by Crippen LogP contribution is -2.25. The van der Waals surface area contributed by atoms with Gasteiger partial charge in [-0.2, -0.15) is 0 Å². The maximum absolute atomic E-state index is 7.18. The smallest absolute Gasteiger partial charge is 0.190 e. The molecule has 0 saturated heterocycles. The van der Waals surface area contributed by atoms with Crippen molar-refractivity contribution in [3.05, 3.63) is 23.8 Å². The van der Waals surface area contributed by atoms with Crippen molar-refractivity contribution in [1.82, 2.24) is 0 Å². The van der Waals surface area contributed by atoms with Crippen LogP contribution in [-0.4, -0.2) is 11.9 Å². The van der Waals surface area contributed by atoms with Gasteiger partial charge in [-0.3, -0.25) is 10.8 Å². The van der Waals surface area contributed by atoms with Crippen LogP contribution in [0.15, 0.2) is 12.1 Å². The van der Waals surface area contributed by atoms with Gasteiger partial charge in [0.1, 0.15) is 0 Å². The highest BCUT2D eigenvalue weighted by atomic mass is 35.5. The first-order valence-corrected chi connectivity index (χ1v) is 4.50. The van der Waals surface area contributed by atoms with Crippen LogP contribution in [0.5, 0.6) is 0 Å². The number of hydrogen-bond donors (Lipinski definition) is 7. The van der Waals surface area contributed by atoms with E-state index in [9.17, 15) is 0 Å². The molecule has 1 radical (unpaired) electrons. The van der Waals surface area contributed by atoms with Crippen molar-refractivity contribution in [1.29, 1.82) is 10.8 Å². The fourth-order valence-electron chi connectivity index (χ4n) is 1.22. The maximum Gasteiger partial charge on any atom is 0.190 e. The SMILES string of the molecule is Cl.N=C(N)Nc1[c]ccc(CN)c1NC(=N)N. The Morgan fingerprint density at radius 2 is 1.82 bits per heavy atom. The molecule has 0 bridgehead atoms. The largest absolute Gasteiger partial charge is 0.370 e. The molecule has 93 valence electrons.